The summed E-state index contributed by atoms with van der Waals surface area (Å²) in [5.41, 5.74) is 0.428. The molecule has 0 atom stereocenters. The van der Waals surface area contributed by atoms with E-state index >= 15 is 0 Å². The van der Waals surface area contributed by atoms with Gasteiger partial charge in [-0.15, -0.1) is 0 Å². The number of fused-ring (bicyclic) bond motifs is 1. The molecule has 3 heterocycles. The number of furan rings is 2. The van der Waals surface area contributed by atoms with Gasteiger partial charge in [-0.1, -0.05) is 12.1 Å². The predicted octanol–water partition coefficient (Wildman–Crippen LogP) is 2.61. The lowest BCUT2D eigenvalue weighted by Gasteiger charge is -2.34. The third kappa shape index (κ3) is 3.66. The van der Waals surface area contributed by atoms with Crippen LogP contribution in [0.25, 0.3) is 11.0 Å². The summed E-state index contributed by atoms with van der Waals surface area (Å²) in [7, 11) is 0. The molecule has 0 bridgehead atoms. The first-order chi connectivity index (χ1) is 14.5. The van der Waals surface area contributed by atoms with Crippen molar-refractivity contribution < 1.29 is 32.3 Å². The zero-order valence-corrected chi connectivity index (χ0v) is 16.2. The van der Waals surface area contributed by atoms with E-state index in [9.17, 15) is 18.8 Å². The van der Waals surface area contributed by atoms with Crippen molar-refractivity contribution in [2.24, 2.45) is 0 Å². The number of piperazine rings is 1. The van der Waals surface area contributed by atoms with Gasteiger partial charge in [0.1, 0.15) is 0 Å². The molecule has 1 aromatic carbocycles. The molecule has 4 rings (SSSR count). The average Bonchev–Trinajstić information content (AvgIpc) is 3.41. The molecule has 0 N–H and O–H groups in total. The second kappa shape index (κ2) is 8.02. The van der Waals surface area contributed by atoms with Crippen LogP contribution in [-0.2, 0) is 9.53 Å². The highest BCUT2D eigenvalue weighted by Gasteiger charge is 2.27. The molecule has 0 saturated carbocycles. The predicted molar refractivity (Wildman–Crippen MR) is 102 cm³/mol. The number of nitrogens with zero attached hydrogens (tertiary/aromatic N) is 2. The standard InChI is InChI=1S/C21H19FN2O6/c1-13-14-4-2-5-15(22)19(14)30-18(13)21(27)29-12-17(25)23-7-9-24(10-8-23)20(26)16-6-3-11-28-16/h2-6,11H,7-10,12H2,1H3. The topological polar surface area (TPSA) is 93.2 Å². The fraction of sp³-hybridized carbons (Fsp3) is 0.286. The Kier molecular flexibility index (Phi) is 5.26. The quantitative estimate of drug-likeness (QED) is 0.610. The summed E-state index contributed by atoms with van der Waals surface area (Å²) in [6.45, 7) is 2.49. The van der Waals surface area contributed by atoms with Crippen molar-refractivity contribution in [3.05, 3.63) is 59.5 Å². The average molecular weight is 414 g/mol. The lowest BCUT2D eigenvalue weighted by molar-refractivity contribution is -0.136. The van der Waals surface area contributed by atoms with Crippen molar-refractivity contribution in [2.45, 2.75) is 6.92 Å². The second-order valence-electron chi connectivity index (χ2n) is 6.90. The molecule has 1 aliphatic rings. The van der Waals surface area contributed by atoms with Gasteiger partial charge in [0.25, 0.3) is 11.8 Å². The summed E-state index contributed by atoms with van der Waals surface area (Å²) in [5.74, 6) is -1.90. The highest BCUT2D eigenvalue weighted by Crippen LogP contribution is 2.27. The lowest BCUT2D eigenvalue weighted by atomic mass is 10.1. The number of para-hydroxylation sites is 1. The molecule has 1 saturated heterocycles. The lowest BCUT2D eigenvalue weighted by Crippen LogP contribution is -2.51. The van der Waals surface area contributed by atoms with E-state index in [0.717, 1.165) is 0 Å². The Morgan fingerprint density at radius 2 is 1.80 bits per heavy atom. The van der Waals surface area contributed by atoms with Crippen LogP contribution in [0.5, 0.6) is 0 Å². The molecule has 3 aromatic rings. The maximum atomic E-state index is 13.8. The number of amides is 2. The number of hydrogen-bond donors (Lipinski definition) is 0. The third-order valence-corrected chi connectivity index (χ3v) is 5.08. The first-order valence-corrected chi connectivity index (χ1v) is 9.41. The highest BCUT2D eigenvalue weighted by molar-refractivity contribution is 5.97. The summed E-state index contributed by atoms with van der Waals surface area (Å²) in [5, 5.41) is 0.477. The Balaban J connectivity index is 1.32. The molecular weight excluding hydrogens is 395 g/mol. The van der Waals surface area contributed by atoms with E-state index in [1.54, 1.807) is 30.0 Å². The Bertz CT molecular complexity index is 1100. The summed E-state index contributed by atoms with van der Waals surface area (Å²) >= 11 is 0. The Morgan fingerprint density at radius 1 is 1.07 bits per heavy atom. The maximum Gasteiger partial charge on any atom is 0.375 e. The van der Waals surface area contributed by atoms with E-state index < -0.39 is 18.4 Å². The van der Waals surface area contributed by atoms with Crippen LogP contribution in [0, 0.1) is 12.7 Å². The van der Waals surface area contributed by atoms with E-state index in [2.05, 4.69) is 0 Å². The molecule has 2 aromatic heterocycles. The molecule has 2 amide bonds. The normalized spacial score (nSPS) is 14.2. The van der Waals surface area contributed by atoms with Gasteiger partial charge in [-0.3, -0.25) is 9.59 Å². The number of rotatable bonds is 4. The van der Waals surface area contributed by atoms with Crippen LogP contribution in [0.3, 0.4) is 0 Å². The second-order valence-corrected chi connectivity index (χ2v) is 6.90. The minimum Gasteiger partial charge on any atom is -0.459 e. The first kappa shape index (κ1) is 19.7. The molecule has 0 radical (unpaired) electrons. The molecule has 0 unspecified atom stereocenters. The number of halogens is 1. The molecule has 1 aliphatic heterocycles. The number of carbonyl (C=O) groups excluding carboxylic acids is 3. The van der Waals surface area contributed by atoms with Crippen molar-refractivity contribution >= 4 is 28.8 Å². The minimum atomic E-state index is -0.830. The Morgan fingerprint density at radius 3 is 2.47 bits per heavy atom. The van der Waals surface area contributed by atoms with Crippen molar-refractivity contribution in [2.75, 3.05) is 32.8 Å². The van der Waals surface area contributed by atoms with E-state index in [1.165, 1.54) is 23.3 Å². The molecular formula is C21H19FN2O6. The maximum absolute atomic E-state index is 13.8. The van der Waals surface area contributed by atoms with E-state index in [0.29, 0.717) is 37.1 Å². The smallest absolute Gasteiger partial charge is 0.375 e. The first-order valence-electron chi connectivity index (χ1n) is 9.41. The number of aryl methyl sites for hydroxylation is 1. The van der Waals surface area contributed by atoms with Gasteiger partial charge in [-0.05, 0) is 25.1 Å². The molecule has 1 fully saturated rings. The summed E-state index contributed by atoms with van der Waals surface area (Å²) in [6, 6.07) is 7.63. The SMILES string of the molecule is Cc1c(C(=O)OCC(=O)N2CCN(C(=O)c3ccco3)CC2)oc2c(F)cccc12. The van der Waals surface area contributed by atoms with Gasteiger partial charge in [0.2, 0.25) is 5.76 Å². The zero-order valence-electron chi connectivity index (χ0n) is 16.2. The number of benzene rings is 1. The third-order valence-electron chi connectivity index (χ3n) is 5.08. The minimum absolute atomic E-state index is 0.0226. The van der Waals surface area contributed by atoms with Gasteiger partial charge in [0, 0.05) is 37.1 Å². The van der Waals surface area contributed by atoms with Crippen molar-refractivity contribution in [3.8, 4) is 0 Å². The Labute approximate surface area is 170 Å². The van der Waals surface area contributed by atoms with Crippen LogP contribution < -0.4 is 0 Å². The Hall–Kier alpha value is -3.62. The van der Waals surface area contributed by atoms with Gasteiger partial charge < -0.3 is 23.4 Å². The van der Waals surface area contributed by atoms with Crippen molar-refractivity contribution in [1.82, 2.24) is 9.80 Å². The van der Waals surface area contributed by atoms with Gasteiger partial charge in [0.15, 0.2) is 23.8 Å². The molecule has 9 heteroatoms. The van der Waals surface area contributed by atoms with Crippen LogP contribution in [0.2, 0.25) is 0 Å². The molecule has 156 valence electrons. The largest absolute Gasteiger partial charge is 0.459 e. The van der Waals surface area contributed by atoms with Gasteiger partial charge in [-0.25, -0.2) is 9.18 Å². The highest BCUT2D eigenvalue weighted by atomic mass is 19.1. The summed E-state index contributed by atoms with van der Waals surface area (Å²) in [4.78, 5) is 40.1. The molecule has 30 heavy (non-hydrogen) atoms. The zero-order chi connectivity index (χ0) is 21.3. The van der Waals surface area contributed by atoms with Gasteiger partial charge in [0.05, 0.1) is 6.26 Å². The van der Waals surface area contributed by atoms with Gasteiger partial charge in [-0.2, -0.15) is 0 Å². The van der Waals surface area contributed by atoms with E-state index in [4.69, 9.17) is 13.6 Å². The van der Waals surface area contributed by atoms with Crippen LogP contribution in [-0.4, -0.2) is 60.4 Å². The van der Waals surface area contributed by atoms with Crippen LogP contribution in [0.1, 0.15) is 26.7 Å². The van der Waals surface area contributed by atoms with Gasteiger partial charge >= 0.3 is 5.97 Å². The molecule has 0 aliphatic carbocycles. The van der Waals surface area contributed by atoms with Crippen LogP contribution >= 0.6 is 0 Å². The molecule has 8 nitrogen and oxygen atoms in total. The fourth-order valence-electron chi connectivity index (χ4n) is 3.40. The van der Waals surface area contributed by atoms with Crippen LogP contribution in [0.4, 0.5) is 4.39 Å². The van der Waals surface area contributed by atoms with Crippen LogP contribution in [0.15, 0.2) is 45.4 Å². The number of ether oxygens (including phenoxy) is 1. The summed E-state index contributed by atoms with van der Waals surface area (Å²) in [6.07, 6.45) is 1.43. The fourth-order valence-corrected chi connectivity index (χ4v) is 3.40. The van der Waals surface area contributed by atoms with Crippen molar-refractivity contribution in [1.29, 1.82) is 0 Å². The van der Waals surface area contributed by atoms with E-state index in [-0.39, 0.29) is 28.9 Å². The number of carbonyl (C=O) groups is 3. The monoisotopic (exact) mass is 414 g/mol. The molecule has 0 spiro atoms. The number of esters is 1. The number of hydrogen-bond acceptors (Lipinski definition) is 6. The summed E-state index contributed by atoms with van der Waals surface area (Å²) < 4.78 is 29.3. The van der Waals surface area contributed by atoms with E-state index in [1.807, 2.05) is 0 Å². The van der Waals surface area contributed by atoms with Crippen molar-refractivity contribution in [3.63, 3.8) is 0 Å².